The number of nitrogens with zero attached hydrogens (tertiary/aromatic N) is 1. The number of hydrogen-bond donors (Lipinski definition) is 0. The standard InChI is InChI=1S/C58H39NO/c1-6-18-40(19-7-1)46-33-37-54(52(38-46)42-20-8-2-9-21-42)59(47-26-14-5-15-27-47)48-34-30-41(31-35-48)45-32-36-51-53(39-45)49-28-16-17-29-50(49)56-55(43-22-10-3-11-23-43)57(60-58(51)56)44-24-12-4-13-25-44/h1-39H. The summed E-state index contributed by atoms with van der Waals surface area (Å²) in [6.45, 7) is 0. The van der Waals surface area contributed by atoms with Crippen LogP contribution in [0.2, 0.25) is 0 Å². The predicted molar refractivity (Wildman–Crippen MR) is 253 cm³/mol. The van der Waals surface area contributed by atoms with Crippen LogP contribution in [0.25, 0.3) is 88.3 Å². The van der Waals surface area contributed by atoms with E-state index in [0.717, 1.165) is 67.0 Å². The number of hydrogen-bond acceptors (Lipinski definition) is 2. The zero-order valence-corrected chi connectivity index (χ0v) is 32.9. The maximum atomic E-state index is 7.00. The smallest absolute Gasteiger partial charge is 0.143 e. The average molecular weight is 766 g/mol. The fraction of sp³-hybridized carbons (Fsp3) is 0. The van der Waals surface area contributed by atoms with E-state index < -0.39 is 0 Å². The van der Waals surface area contributed by atoms with Crippen molar-refractivity contribution in [3.63, 3.8) is 0 Å². The molecule has 0 aliphatic carbocycles. The lowest BCUT2D eigenvalue weighted by Gasteiger charge is -2.28. The molecule has 0 atom stereocenters. The molecule has 0 bridgehead atoms. The van der Waals surface area contributed by atoms with Gasteiger partial charge in [-0.1, -0.05) is 188 Å². The van der Waals surface area contributed by atoms with Crippen molar-refractivity contribution in [2.24, 2.45) is 0 Å². The van der Waals surface area contributed by atoms with E-state index in [2.05, 4.69) is 241 Å². The van der Waals surface area contributed by atoms with E-state index in [1.807, 2.05) is 0 Å². The monoisotopic (exact) mass is 765 g/mol. The fourth-order valence-corrected chi connectivity index (χ4v) is 8.83. The molecule has 60 heavy (non-hydrogen) atoms. The van der Waals surface area contributed by atoms with Crippen molar-refractivity contribution in [1.82, 2.24) is 0 Å². The molecule has 0 saturated carbocycles. The minimum Gasteiger partial charge on any atom is -0.455 e. The zero-order chi connectivity index (χ0) is 39.8. The minimum atomic E-state index is 0.891. The highest BCUT2D eigenvalue weighted by atomic mass is 16.3. The quantitative estimate of drug-likeness (QED) is 0.143. The number of para-hydroxylation sites is 1. The topological polar surface area (TPSA) is 16.4 Å². The summed E-state index contributed by atoms with van der Waals surface area (Å²) in [5.74, 6) is 0.891. The highest BCUT2D eigenvalue weighted by Gasteiger charge is 2.23. The number of rotatable bonds is 8. The molecule has 11 rings (SSSR count). The second-order valence-corrected chi connectivity index (χ2v) is 15.2. The number of furan rings is 1. The van der Waals surface area contributed by atoms with Crippen molar-refractivity contribution in [3.05, 3.63) is 237 Å². The Hall–Kier alpha value is -7.94. The maximum Gasteiger partial charge on any atom is 0.143 e. The van der Waals surface area contributed by atoms with Gasteiger partial charge in [0.15, 0.2) is 0 Å². The van der Waals surface area contributed by atoms with Gasteiger partial charge in [-0.15, -0.1) is 0 Å². The summed E-state index contributed by atoms with van der Waals surface area (Å²) in [6, 6.07) is 84.5. The Kier molecular flexibility index (Phi) is 8.87. The van der Waals surface area contributed by atoms with E-state index in [-0.39, 0.29) is 0 Å². The van der Waals surface area contributed by atoms with Gasteiger partial charge in [0, 0.05) is 38.8 Å². The van der Waals surface area contributed by atoms with E-state index in [1.165, 1.54) is 38.4 Å². The molecule has 2 heteroatoms. The van der Waals surface area contributed by atoms with Crippen molar-refractivity contribution < 1.29 is 4.42 Å². The van der Waals surface area contributed by atoms with Crippen LogP contribution in [0.1, 0.15) is 0 Å². The Bertz CT molecular complexity index is 3270. The molecule has 0 fully saturated rings. The van der Waals surface area contributed by atoms with Crippen LogP contribution in [0.3, 0.4) is 0 Å². The van der Waals surface area contributed by atoms with Crippen LogP contribution in [-0.2, 0) is 0 Å². The Balaban J connectivity index is 1.05. The number of benzene rings is 10. The molecule has 10 aromatic carbocycles. The molecular formula is C58H39NO. The molecule has 11 aromatic rings. The minimum absolute atomic E-state index is 0.891. The van der Waals surface area contributed by atoms with E-state index >= 15 is 0 Å². The van der Waals surface area contributed by atoms with Gasteiger partial charge >= 0.3 is 0 Å². The molecule has 0 unspecified atom stereocenters. The van der Waals surface area contributed by atoms with Crippen LogP contribution in [0.4, 0.5) is 17.1 Å². The second kappa shape index (κ2) is 15.1. The maximum absolute atomic E-state index is 7.00. The van der Waals surface area contributed by atoms with E-state index in [4.69, 9.17) is 4.42 Å². The van der Waals surface area contributed by atoms with Crippen LogP contribution >= 0.6 is 0 Å². The van der Waals surface area contributed by atoms with E-state index in [9.17, 15) is 0 Å². The van der Waals surface area contributed by atoms with Gasteiger partial charge in [-0.25, -0.2) is 0 Å². The van der Waals surface area contributed by atoms with Gasteiger partial charge in [0.05, 0.1) is 5.69 Å². The van der Waals surface area contributed by atoms with E-state index in [1.54, 1.807) is 0 Å². The summed E-state index contributed by atoms with van der Waals surface area (Å²) >= 11 is 0. The van der Waals surface area contributed by atoms with Crippen molar-refractivity contribution in [2.45, 2.75) is 0 Å². The Morgan fingerprint density at radius 2 is 0.783 bits per heavy atom. The third-order valence-corrected chi connectivity index (χ3v) is 11.7. The van der Waals surface area contributed by atoms with Crippen LogP contribution in [0.5, 0.6) is 0 Å². The number of fused-ring (bicyclic) bond motifs is 6. The summed E-state index contributed by atoms with van der Waals surface area (Å²) in [7, 11) is 0. The van der Waals surface area contributed by atoms with Crippen molar-refractivity contribution >= 4 is 49.6 Å². The van der Waals surface area contributed by atoms with Gasteiger partial charge in [-0.3, -0.25) is 0 Å². The fourth-order valence-electron chi connectivity index (χ4n) is 8.83. The van der Waals surface area contributed by atoms with Crippen LogP contribution in [0, 0.1) is 0 Å². The zero-order valence-electron chi connectivity index (χ0n) is 32.9. The summed E-state index contributed by atoms with van der Waals surface area (Å²) < 4.78 is 7.00. The second-order valence-electron chi connectivity index (χ2n) is 15.2. The Morgan fingerprint density at radius 1 is 0.300 bits per heavy atom. The summed E-state index contributed by atoms with van der Waals surface area (Å²) in [4.78, 5) is 2.37. The molecule has 2 nitrogen and oxygen atoms in total. The summed E-state index contributed by atoms with van der Waals surface area (Å²) in [6.07, 6.45) is 0. The van der Waals surface area contributed by atoms with E-state index in [0.29, 0.717) is 0 Å². The molecule has 0 spiro atoms. The third-order valence-electron chi connectivity index (χ3n) is 11.7. The van der Waals surface area contributed by atoms with Crippen LogP contribution < -0.4 is 4.90 Å². The highest BCUT2D eigenvalue weighted by Crippen LogP contribution is 2.48. The molecule has 0 N–H and O–H groups in total. The van der Waals surface area contributed by atoms with Gasteiger partial charge in [0.1, 0.15) is 11.3 Å². The van der Waals surface area contributed by atoms with Gasteiger partial charge in [-0.05, 0) is 98.1 Å². The molecule has 1 aromatic heterocycles. The molecule has 1 heterocycles. The molecule has 0 saturated heterocycles. The normalized spacial score (nSPS) is 11.3. The Labute approximate surface area is 349 Å². The van der Waals surface area contributed by atoms with Crippen molar-refractivity contribution in [3.8, 4) is 55.8 Å². The molecule has 0 radical (unpaired) electrons. The predicted octanol–water partition coefficient (Wildman–Crippen LogP) is 16.5. The van der Waals surface area contributed by atoms with Crippen LogP contribution in [0.15, 0.2) is 241 Å². The lowest BCUT2D eigenvalue weighted by Crippen LogP contribution is -2.11. The van der Waals surface area contributed by atoms with Crippen molar-refractivity contribution in [1.29, 1.82) is 0 Å². The first-order chi connectivity index (χ1) is 29.8. The first-order valence-corrected chi connectivity index (χ1v) is 20.5. The Morgan fingerprint density at radius 3 is 1.45 bits per heavy atom. The van der Waals surface area contributed by atoms with Gasteiger partial charge in [0.25, 0.3) is 0 Å². The third kappa shape index (κ3) is 6.23. The SMILES string of the molecule is c1ccc(-c2ccc(N(c3ccccc3)c3ccc(-c4ccc5c(c4)c4ccccc4c4c(-c6ccccc6)c(-c6ccccc6)oc54)cc3)c(-c3ccccc3)c2)cc1. The molecule has 0 amide bonds. The van der Waals surface area contributed by atoms with Gasteiger partial charge in [0.2, 0.25) is 0 Å². The van der Waals surface area contributed by atoms with Crippen LogP contribution in [-0.4, -0.2) is 0 Å². The lowest BCUT2D eigenvalue weighted by atomic mass is 9.91. The largest absolute Gasteiger partial charge is 0.455 e. The van der Waals surface area contributed by atoms with Gasteiger partial charge in [-0.2, -0.15) is 0 Å². The first-order valence-electron chi connectivity index (χ1n) is 20.5. The average Bonchev–Trinajstić information content (AvgIpc) is 3.75. The lowest BCUT2D eigenvalue weighted by molar-refractivity contribution is 0.636. The summed E-state index contributed by atoms with van der Waals surface area (Å²) in [5.41, 5.74) is 14.6. The highest BCUT2D eigenvalue weighted by molar-refractivity contribution is 6.28. The first kappa shape index (κ1) is 35.2. The number of anilines is 3. The van der Waals surface area contributed by atoms with Crippen molar-refractivity contribution in [2.75, 3.05) is 4.90 Å². The van der Waals surface area contributed by atoms with Gasteiger partial charge < -0.3 is 9.32 Å². The molecular weight excluding hydrogens is 727 g/mol. The molecule has 0 aliphatic rings. The molecule has 0 aliphatic heterocycles. The molecule has 282 valence electrons. The summed E-state index contributed by atoms with van der Waals surface area (Å²) in [5, 5.41) is 5.81.